The minimum Gasteiger partial charge on any atom is -0.389 e. The molecule has 18 heavy (non-hydrogen) atoms. The van der Waals surface area contributed by atoms with Crippen molar-refractivity contribution in [3.63, 3.8) is 0 Å². The maximum Gasteiger partial charge on any atom is 0.146 e. The van der Waals surface area contributed by atoms with E-state index in [1.165, 1.54) is 6.07 Å². The first kappa shape index (κ1) is 12.4. The van der Waals surface area contributed by atoms with Crippen LogP contribution in [0.4, 0.5) is 15.9 Å². The Morgan fingerprint density at radius 3 is 2.83 bits per heavy atom. The van der Waals surface area contributed by atoms with Gasteiger partial charge >= 0.3 is 0 Å². The van der Waals surface area contributed by atoms with E-state index in [9.17, 15) is 4.39 Å². The molecule has 5 heteroatoms. The van der Waals surface area contributed by atoms with E-state index < -0.39 is 0 Å². The fourth-order valence-corrected chi connectivity index (χ4v) is 1.65. The summed E-state index contributed by atoms with van der Waals surface area (Å²) in [5.74, 6) is 0.174. The van der Waals surface area contributed by atoms with Gasteiger partial charge in [0.15, 0.2) is 0 Å². The van der Waals surface area contributed by atoms with E-state index >= 15 is 0 Å². The van der Waals surface area contributed by atoms with Gasteiger partial charge in [-0.3, -0.25) is 0 Å². The van der Waals surface area contributed by atoms with Gasteiger partial charge in [0.2, 0.25) is 0 Å². The SMILES string of the molecule is Cc1ccc(F)c(Nc2cc(C(N)=S)ccn2)c1. The van der Waals surface area contributed by atoms with E-state index in [1.807, 2.05) is 6.92 Å². The lowest BCUT2D eigenvalue weighted by molar-refractivity contribution is 0.631. The van der Waals surface area contributed by atoms with Crippen LogP contribution in [0.5, 0.6) is 0 Å². The van der Waals surface area contributed by atoms with Crippen LogP contribution in [0.3, 0.4) is 0 Å². The molecule has 0 amide bonds. The molecule has 0 unspecified atom stereocenters. The van der Waals surface area contributed by atoms with Crippen LogP contribution < -0.4 is 11.1 Å². The van der Waals surface area contributed by atoms with Crippen molar-refractivity contribution in [3.05, 3.63) is 53.5 Å². The molecule has 0 fully saturated rings. The van der Waals surface area contributed by atoms with Crippen molar-refractivity contribution in [2.45, 2.75) is 6.92 Å². The van der Waals surface area contributed by atoms with Crippen LogP contribution in [-0.2, 0) is 0 Å². The summed E-state index contributed by atoms with van der Waals surface area (Å²) in [5, 5.41) is 2.91. The molecule has 0 saturated heterocycles. The predicted octanol–water partition coefficient (Wildman–Crippen LogP) is 2.91. The van der Waals surface area contributed by atoms with E-state index in [0.29, 0.717) is 17.1 Å². The zero-order valence-corrected chi connectivity index (χ0v) is 10.6. The summed E-state index contributed by atoms with van der Waals surface area (Å²) < 4.78 is 13.6. The summed E-state index contributed by atoms with van der Waals surface area (Å²) in [7, 11) is 0. The van der Waals surface area contributed by atoms with Crippen molar-refractivity contribution < 1.29 is 4.39 Å². The second-order valence-corrected chi connectivity index (χ2v) is 4.34. The number of aromatic nitrogens is 1. The van der Waals surface area contributed by atoms with Crippen molar-refractivity contribution in [2.75, 3.05) is 5.32 Å². The first-order valence-electron chi connectivity index (χ1n) is 5.35. The molecule has 0 saturated carbocycles. The molecule has 1 heterocycles. The van der Waals surface area contributed by atoms with Crippen LogP contribution in [0.2, 0.25) is 0 Å². The van der Waals surface area contributed by atoms with Crippen molar-refractivity contribution in [1.29, 1.82) is 0 Å². The van der Waals surface area contributed by atoms with Gasteiger partial charge in [0, 0.05) is 11.8 Å². The van der Waals surface area contributed by atoms with E-state index in [4.69, 9.17) is 18.0 Å². The Labute approximate surface area is 110 Å². The normalized spacial score (nSPS) is 10.1. The highest BCUT2D eigenvalue weighted by Crippen LogP contribution is 2.20. The smallest absolute Gasteiger partial charge is 0.146 e. The molecule has 0 atom stereocenters. The second-order valence-electron chi connectivity index (χ2n) is 3.90. The Hall–Kier alpha value is -2.01. The maximum absolute atomic E-state index is 13.6. The second kappa shape index (κ2) is 5.10. The number of anilines is 2. The highest BCUT2D eigenvalue weighted by molar-refractivity contribution is 7.80. The molecule has 0 spiro atoms. The summed E-state index contributed by atoms with van der Waals surface area (Å²) in [6, 6.07) is 8.23. The molecule has 0 aliphatic rings. The Morgan fingerprint density at radius 1 is 1.33 bits per heavy atom. The Kier molecular flexibility index (Phi) is 3.53. The maximum atomic E-state index is 13.6. The number of pyridine rings is 1. The quantitative estimate of drug-likeness (QED) is 0.834. The largest absolute Gasteiger partial charge is 0.389 e. The van der Waals surface area contributed by atoms with Gasteiger partial charge < -0.3 is 11.1 Å². The highest BCUT2D eigenvalue weighted by Gasteiger charge is 2.04. The number of nitrogens with one attached hydrogen (secondary N) is 1. The molecule has 0 radical (unpaired) electrons. The van der Waals surface area contributed by atoms with Gasteiger partial charge in [-0.25, -0.2) is 9.37 Å². The molecule has 1 aromatic carbocycles. The Bertz CT molecular complexity index is 599. The molecule has 0 aliphatic carbocycles. The van der Waals surface area contributed by atoms with E-state index in [0.717, 1.165) is 5.56 Å². The third kappa shape index (κ3) is 2.81. The lowest BCUT2D eigenvalue weighted by Gasteiger charge is -2.08. The zero-order chi connectivity index (χ0) is 13.1. The average molecular weight is 261 g/mol. The minimum atomic E-state index is -0.330. The number of nitrogens with two attached hydrogens (primary N) is 1. The number of hydrogen-bond acceptors (Lipinski definition) is 3. The number of hydrogen-bond donors (Lipinski definition) is 2. The Morgan fingerprint density at radius 2 is 2.11 bits per heavy atom. The van der Waals surface area contributed by atoms with Gasteiger partial charge in [0.05, 0.1) is 5.69 Å². The summed E-state index contributed by atoms with van der Waals surface area (Å²) in [4.78, 5) is 4.38. The zero-order valence-electron chi connectivity index (χ0n) is 9.77. The van der Waals surface area contributed by atoms with Gasteiger partial charge in [-0.1, -0.05) is 18.3 Å². The fourth-order valence-electron chi connectivity index (χ4n) is 1.53. The van der Waals surface area contributed by atoms with E-state index in [1.54, 1.807) is 30.5 Å². The number of benzene rings is 1. The topological polar surface area (TPSA) is 50.9 Å². The summed E-state index contributed by atoms with van der Waals surface area (Å²) in [6.07, 6.45) is 1.57. The molecule has 0 aliphatic heterocycles. The molecule has 0 bridgehead atoms. The third-order valence-corrected chi connectivity index (χ3v) is 2.66. The Balaban J connectivity index is 2.31. The van der Waals surface area contributed by atoms with Gasteiger partial charge in [-0.05, 0) is 36.8 Å². The summed E-state index contributed by atoms with van der Waals surface area (Å²) in [6.45, 7) is 1.89. The van der Waals surface area contributed by atoms with Crippen LogP contribution in [0.25, 0.3) is 0 Å². The van der Waals surface area contributed by atoms with Crippen LogP contribution >= 0.6 is 12.2 Å². The van der Waals surface area contributed by atoms with Crippen molar-refractivity contribution >= 4 is 28.7 Å². The number of thiocarbonyl (C=S) groups is 1. The van der Waals surface area contributed by atoms with Gasteiger partial charge in [0.1, 0.15) is 16.6 Å². The molecule has 92 valence electrons. The van der Waals surface area contributed by atoms with Crippen molar-refractivity contribution in [3.8, 4) is 0 Å². The van der Waals surface area contributed by atoms with Crippen LogP contribution in [0.15, 0.2) is 36.5 Å². The molecule has 2 aromatic rings. The predicted molar refractivity (Wildman–Crippen MR) is 74.5 cm³/mol. The van der Waals surface area contributed by atoms with E-state index in [2.05, 4.69) is 10.3 Å². The highest BCUT2D eigenvalue weighted by atomic mass is 32.1. The van der Waals surface area contributed by atoms with Crippen molar-refractivity contribution in [2.24, 2.45) is 5.73 Å². The lowest BCUT2D eigenvalue weighted by atomic mass is 10.2. The van der Waals surface area contributed by atoms with Gasteiger partial charge in [-0.15, -0.1) is 0 Å². The number of rotatable bonds is 3. The number of halogens is 1. The molecular formula is C13H12FN3S. The fraction of sp³-hybridized carbons (Fsp3) is 0.0769. The monoisotopic (exact) mass is 261 g/mol. The lowest BCUT2D eigenvalue weighted by Crippen LogP contribution is -2.10. The first-order chi connectivity index (χ1) is 8.56. The van der Waals surface area contributed by atoms with Crippen LogP contribution in [0, 0.1) is 12.7 Å². The summed E-state index contributed by atoms with van der Waals surface area (Å²) in [5.41, 5.74) is 7.56. The van der Waals surface area contributed by atoms with Gasteiger partial charge in [0.25, 0.3) is 0 Å². The minimum absolute atomic E-state index is 0.283. The standard InChI is InChI=1S/C13H12FN3S/c1-8-2-3-10(14)11(6-8)17-12-7-9(13(15)18)4-5-16-12/h2-7H,1H3,(H2,15,18)(H,16,17). The van der Waals surface area contributed by atoms with Gasteiger partial charge in [-0.2, -0.15) is 0 Å². The van der Waals surface area contributed by atoms with E-state index in [-0.39, 0.29) is 10.8 Å². The molecule has 1 aromatic heterocycles. The van der Waals surface area contributed by atoms with Crippen LogP contribution in [0.1, 0.15) is 11.1 Å². The molecule has 3 nitrogen and oxygen atoms in total. The van der Waals surface area contributed by atoms with Crippen molar-refractivity contribution in [1.82, 2.24) is 4.98 Å². The first-order valence-corrected chi connectivity index (χ1v) is 5.76. The number of aryl methyl sites for hydroxylation is 1. The molecular weight excluding hydrogens is 249 g/mol. The summed E-state index contributed by atoms with van der Waals surface area (Å²) >= 11 is 4.88. The van der Waals surface area contributed by atoms with Crippen LogP contribution in [-0.4, -0.2) is 9.97 Å². The number of nitrogens with zero attached hydrogens (tertiary/aromatic N) is 1. The molecule has 3 N–H and O–H groups in total. The molecule has 2 rings (SSSR count). The third-order valence-electron chi connectivity index (χ3n) is 2.43. The average Bonchev–Trinajstić information content (AvgIpc) is 2.34.